The lowest BCUT2D eigenvalue weighted by Crippen LogP contribution is -2.01. The van der Waals surface area contributed by atoms with Crippen LogP contribution in [0, 0.1) is 11.3 Å². The van der Waals surface area contributed by atoms with Crippen molar-refractivity contribution in [2.24, 2.45) is 0 Å². The van der Waals surface area contributed by atoms with E-state index in [2.05, 4.69) is 19.1 Å². The van der Waals surface area contributed by atoms with Crippen molar-refractivity contribution in [2.75, 3.05) is 7.11 Å². The highest BCUT2D eigenvalue weighted by Crippen LogP contribution is 2.14. The van der Waals surface area contributed by atoms with Crippen LogP contribution in [0.25, 0.3) is 0 Å². The van der Waals surface area contributed by atoms with Gasteiger partial charge in [-0.3, -0.25) is 0 Å². The minimum atomic E-state index is -0.335. The predicted molar refractivity (Wildman–Crippen MR) is 107 cm³/mol. The van der Waals surface area contributed by atoms with E-state index in [4.69, 9.17) is 4.74 Å². The van der Waals surface area contributed by atoms with E-state index in [-0.39, 0.29) is 5.97 Å². The second-order valence-electron chi connectivity index (χ2n) is 6.57. The molecule has 0 aliphatic carbocycles. The Kier molecular flexibility index (Phi) is 11.2. The molecule has 4 nitrogen and oxygen atoms in total. The van der Waals surface area contributed by atoms with Gasteiger partial charge in [0.05, 0.1) is 18.7 Å². The highest BCUT2D eigenvalue weighted by molar-refractivity contribution is 5.89. The average Bonchev–Trinajstić information content (AvgIpc) is 2.69. The molecule has 0 aliphatic heterocycles. The largest absolute Gasteiger partial charge is 0.465 e. The van der Waals surface area contributed by atoms with Crippen molar-refractivity contribution < 1.29 is 14.3 Å². The zero-order valence-electron chi connectivity index (χ0n) is 16.4. The molecule has 0 fully saturated rings. The lowest BCUT2D eigenvalue weighted by Gasteiger charge is -2.03. The number of aryl methyl sites for hydroxylation is 1. The minimum absolute atomic E-state index is 0.335. The van der Waals surface area contributed by atoms with Crippen LogP contribution >= 0.6 is 0 Å². The van der Waals surface area contributed by atoms with Gasteiger partial charge in [0.25, 0.3) is 0 Å². The first-order valence-corrected chi connectivity index (χ1v) is 9.46. The molecule has 4 heteroatoms. The molecule has 0 aromatic heterocycles. The monoisotopic (exact) mass is 367 g/mol. The molecule has 0 radical (unpaired) electrons. The first-order chi connectivity index (χ1) is 13.1. The van der Waals surface area contributed by atoms with Crippen LogP contribution in [0.1, 0.15) is 67.8 Å². The van der Waals surface area contributed by atoms with Gasteiger partial charge in [0.2, 0.25) is 0 Å². The number of rotatable bonds is 12. The molecule has 1 rings (SSSR count). The van der Waals surface area contributed by atoms with Gasteiger partial charge in [0.15, 0.2) is 0 Å². The van der Waals surface area contributed by atoms with E-state index in [0.29, 0.717) is 12.0 Å². The van der Waals surface area contributed by atoms with Gasteiger partial charge in [-0.05, 0) is 69.6 Å². The number of hydrogen-bond acceptors (Lipinski definition) is 4. The van der Waals surface area contributed by atoms with Crippen molar-refractivity contribution in [1.29, 1.82) is 5.26 Å². The maximum Gasteiger partial charge on any atom is 0.337 e. The molecule has 0 amide bonds. The molecule has 144 valence electrons. The number of nitriles is 1. The third-order valence-electron chi connectivity index (χ3n) is 4.37. The zero-order valence-corrected chi connectivity index (χ0v) is 16.4. The van der Waals surface area contributed by atoms with Gasteiger partial charge < -0.3 is 9.53 Å². The molecular weight excluding hydrogens is 338 g/mol. The molecule has 27 heavy (non-hydrogen) atoms. The molecule has 0 aliphatic rings. The Bertz CT molecular complexity index is 711. The Morgan fingerprint density at radius 1 is 1.15 bits per heavy atom. The minimum Gasteiger partial charge on any atom is -0.465 e. The normalized spacial score (nSPS) is 11.7. The van der Waals surface area contributed by atoms with Crippen molar-refractivity contribution in [2.45, 2.75) is 58.3 Å². The summed E-state index contributed by atoms with van der Waals surface area (Å²) in [5.41, 5.74) is 3.72. The number of allylic oxidation sites excluding steroid dienone is 4. The maximum atomic E-state index is 11.6. The van der Waals surface area contributed by atoms with Gasteiger partial charge in [-0.25, -0.2) is 4.79 Å². The van der Waals surface area contributed by atoms with Crippen LogP contribution in [0.5, 0.6) is 0 Å². The Morgan fingerprint density at radius 3 is 2.67 bits per heavy atom. The van der Waals surface area contributed by atoms with E-state index in [1.807, 2.05) is 24.3 Å². The summed E-state index contributed by atoms with van der Waals surface area (Å²) in [6, 6.07) is 9.67. The van der Waals surface area contributed by atoms with Crippen molar-refractivity contribution >= 4 is 12.3 Å². The highest BCUT2D eigenvalue weighted by Gasteiger charge is 2.05. The molecule has 0 unspecified atom stereocenters. The summed E-state index contributed by atoms with van der Waals surface area (Å²) in [5, 5.41) is 9.30. The fourth-order valence-corrected chi connectivity index (χ4v) is 2.80. The standard InChI is InChI=1S/C23H29NO3/c1-19(9-4-3-5-16-25)10-6-13-21(18-24)14-7-11-20-12-8-15-22(17-20)23(26)27-2/h8,10,12,14-17H,3-7,9,11,13H2,1-2H3/b19-10+,21-14-. The molecule has 1 aromatic carbocycles. The third-order valence-corrected chi connectivity index (χ3v) is 4.37. The summed E-state index contributed by atoms with van der Waals surface area (Å²) in [5.74, 6) is -0.335. The summed E-state index contributed by atoms with van der Waals surface area (Å²) in [7, 11) is 1.37. The number of methoxy groups -OCH3 is 1. The van der Waals surface area contributed by atoms with E-state index in [9.17, 15) is 14.9 Å². The SMILES string of the molecule is COC(=O)c1cccc(CC/C=C(\C#N)CC/C=C(\C)CCCCC=O)c1. The summed E-state index contributed by atoms with van der Waals surface area (Å²) >= 11 is 0. The van der Waals surface area contributed by atoms with Gasteiger partial charge in [-0.1, -0.05) is 29.9 Å². The molecule has 0 atom stereocenters. The van der Waals surface area contributed by atoms with Crippen LogP contribution in [0.15, 0.2) is 47.6 Å². The van der Waals surface area contributed by atoms with Crippen LogP contribution in [0.3, 0.4) is 0 Å². The van der Waals surface area contributed by atoms with Gasteiger partial charge in [-0.2, -0.15) is 5.26 Å². The van der Waals surface area contributed by atoms with Crippen molar-refractivity contribution in [3.8, 4) is 6.07 Å². The lowest BCUT2D eigenvalue weighted by atomic mass is 10.0. The Morgan fingerprint density at radius 2 is 1.96 bits per heavy atom. The van der Waals surface area contributed by atoms with E-state index >= 15 is 0 Å². The quantitative estimate of drug-likeness (QED) is 0.164. The number of carbonyl (C=O) groups is 2. The molecule has 0 heterocycles. The smallest absolute Gasteiger partial charge is 0.337 e. The Balaban J connectivity index is 2.44. The zero-order chi connectivity index (χ0) is 19.9. The van der Waals surface area contributed by atoms with E-state index in [0.717, 1.165) is 62.4 Å². The second kappa shape index (κ2) is 13.5. The second-order valence-corrected chi connectivity index (χ2v) is 6.57. The predicted octanol–water partition coefficient (Wildman–Crippen LogP) is 5.34. The lowest BCUT2D eigenvalue weighted by molar-refractivity contribution is -0.107. The van der Waals surface area contributed by atoms with E-state index in [1.54, 1.807) is 6.07 Å². The number of benzene rings is 1. The Labute approximate surface area is 162 Å². The highest BCUT2D eigenvalue weighted by atomic mass is 16.5. The van der Waals surface area contributed by atoms with Gasteiger partial charge in [0, 0.05) is 12.0 Å². The molecule has 0 bridgehead atoms. The molecule has 0 saturated heterocycles. The molecular formula is C23H29NO3. The molecule has 1 aromatic rings. The number of hydrogen-bond donors (Lipinski definition) is 0. The Hall–Kier alpha value is -2.67. The number of esters is 1. The van der Waals surface area contributed by atoms with Crippen LogP contribution in [-0.2, 0) is 16.0 Å². The van der Waals surface area contributed by atoms with Gasteiger partial charge >= 0.3 is 5.97 Å². The molecule has 0 spiro atoms. The fraction of sp³-hybridized carbons (Fsp3) is 0.435. The number of unbranched alkanes of at least 4 members (excludes halogenated alkanes) is 2. The fourth-order valence-electron chi connectivity index (χ4n) is 2.80. The van der Waals surface area contributed by atoms with E-state index < -0.39 is 0 Å². The van der Waals surface area contributed by atoms with E-state index in [1.165, 1.54) is 12.7 Å². The van der Waals surface area contributed by atoms with Gasteiger partial charge in [0.1, 0.15) is 6.29 Å². The van der Waals surface area contributed by atoms with Crippen molar-refractivity contribution in [3.63, 3.8) is 0 Å². The van der Waals surface area contributed by atoms with Crippen LogP contribution in [0.4, 0.5) is 0 Å². The first-order valence-electron chi connectivity index (χ1n) is 9.46. The van der Waals surface area contributed by atoms with Crippen molar-refractivity contribution in [3.05, 3.63) is 58.7 Å². The topological polar surface area (TPSA) is 67.2 Å². The van der Waals surface area contributed by atoms with Crippen LogP contribution < -0.4 is 0 Å². The first kappa shape index (κ1) is 22.4. The van der Waals surface area contributed by atoms with Gasteiger partial charge in [-0.15, -0.1) is 0 Å². The number of ether oxygens (including phenoxy) is 1. The molecule has 0 N–H and O–H groups in total. The van der Waals surface area contributed by atoms with Crippen molar-refractivity contribution in [1.82, 2.24) is 0 Å². The summed E-state index contributed by atoms with van der Waals surface area (Å²) < 4.78 is 4.74. The third kappa shape index (κ3) is 9.55. The van der Waals surface area contributed by atoms with Crippen LogP contribution in [0.2, 0.25) is 0 Å². The molecule has 0 saturated carbocycles. The maximum absolute atomic E-state index is 11.6. The number of nitrogens with zero attached hydrogens (tertiary/aromatic N) is 1. The number of aldehydes is 1. The van der Waals surface area contributed by atoms with Crippen LogP contribution in [-0.4, -0.2) is 19.4 Å². The average molecular weight is 367 g/mol. The number of carbonyl (C=O) groups excluding carboxylic acids is 2. The summed E-state index contributed by atoms with van der Waals surface area (Å²) in [4.78, 5) is 21.9. The summed E-state index contributed by atoms with van der Waals surface area (Å²) in [6.07, 6.45) is 11.9. The summed E-state index contributed by atoms with van der Waals surface area (Å²) in [6.45, 7) is 2.10.